The molecule has 1 atom stereocenters. The molecule has 0 spiro atoms. The maximum absolute atomic E-state index is 12.4. The van der Waals surface area contributed by atoms with E-state index in [1.54, 1.807) is 26.4 Å². The zero-order chi connectivity index (χ0) is 22.2. The van der Waals surface area contributed by atoms with Crippen LogP contribution in [-0.4, -0.2) is 36.9 Å². The van der Waals surface area contributed by atoms with Gasteiger partial charge in [0.05, 0.1) is 20.8 Å². The van der Waals surface area contributed by atoms with Crippen molar-refractivity contribution in [2.24, 2.45) is 5.92 Å². The topological polar surface area (TPSA) is 95.7 Å². The number of carbonyl (C=O) groups is 1. The number of hydrogen-bond acceptors (Lipinski definition) is 7. The number of aromatic nitrogens is 2. The fourth-order valence-corrected chi connectivity index (χ4v) is 3.02. The summed E-state index contributed by atoms with van der Waals surface area (Å²) < 4.78 is 21.6. The average molecular weight is 425 g/mol. The fraction of sp³-hybridized carbons (Fsp3) is 0.348. The molecule has 3 aromatic rings. The second kappa shape index (κ2) is 10.6. The van der Waals surface area contributed by atoms with E-state index in [9.17, 15) is 4.79 Å². The van der Waals surface area contributed by atoms with Crippen LogP contribution in [0.15, 0.2) is 53.1 Å². The smallest absolute Gasteiger partial charge is 0.249 e. The van der Waals surface area contributed by atoms with Crippen LogP contribution in [0, 0.1) is 5.92 Å². The van der Waals surface area contributed by atoms with E-state index in [1.165, 1.54) is 0 Å². The van der Waals surface area contributed by atoms with Gasteiger partial charge in [0.25, 0.3) is 0 Å². The maximum Gasteiger partial charge on any atom is 0.249 e. The van der Waals surface area contributed by atoms with Crippen molar-refractivity contribution in [2.45, 2.75) is 26.5 Å². The molecule has 1 N–H and O–H groups in total. The van der Waals surface area contributed by atoms with Crippen LogP contribution < -0.4 is 14.8 Å². The second-order valence-corrected chi connectivity index (χ2v) is 7.29. The van der Waals surface area contributed by atoms with Gasteiger partial charge in [0.15, 0.2) is 11.5 Å². The van der Waals surface area contributed by atoms with Gasteiger partial charge in [-0.2, -0.15) is 4.98 Å². The first-order valence-corrected chi connectivity index (χ1v) is 9.98. The van der Waals surface area contributed by atoms with Crippen LogP contribution in [0.5, 0.6) is 11.5 Å². The minimum atomic E-state index is -0.436. The van der Waals surface area contributed by atoms with E-state index in [-0.39, 0.29) is 18.4 Å². The quantitative estimate of drug-likeness (QED) is 0.528. The number of rotatable bonds is 10. The van der Waals surface area contributed by atoms with Gasteiger partial charge in [-0.1, -0.05) is 49.3 Å². The number of amides is 1. The van der Waals surface area contributed by atoms with Gasteiger partial charge in [0.2, 0.25) is 17.6 Å². The van der Waals surface area contributed by atoms with Crippen LogP contribution in [0.3, 0.4) is 0 Å². The van der Waals surface area contributed by atoms with Crippen molar-refractivity contribution in [1.82, 2.24) is 15.5 Å². The van der Waals surface area contributed by atoms with Gasteiger partial charge in [-0.3, -0.25) is 4.79 Å². The molecule has 0 aliphatic rings. The van der Waals surface area contributed by atoms with E-state index in [1.807, 2.05) is 50.2 Å². The lowest BCUT2D eigenvalue weighted by Gasteiger charge is -2.18. The first kappa shape index (κ1) is 22.3. The van der Waals surface area contributed by atoms with Crippen molar-refractivity contribution < 1.29 is 23.5 Å². The van der Waals surface area contributed by atoms with Crippen molar-refractivity contribution in [2.75, 3.05) is 20.8 Å². The number of methoxy groups -OCH3 is 2. The summed E-state index contributed by atoms with van der Waals surface area (Å²) in [6.07, 6.45) is 0. The van der Waals surface area contributed by atoms with Crippen LogP contribution in [0.4, 0.5) is 0 Å². The Labute approximate surface area is 181 Å². The lowest BCUT2D eigenvalue weighted by Crippen LogP contribution is -2.34. The molecule has 1 aromatic heterocycles. The molecule has 164 valence electrons. The minimum Gasteiger partial charge on any atom is -0.493 e. The zero-order valence-corrected chi connectivity index (χ0v) is 18.1. The standard InChI is InChI=1S/C23H27N3O5/c1-15(2)21(24-20(27)14-30-13-16-8-6-5-7-9-16)23-25-22(26-31-23)17-10-11-18(28-3)19(12-17)29-4/h5-12,15,21H,13-14H2,1-4H3,(H,24,27). The highest BCUT2D eigenvalue weighted by Gasteiger charge is 2.25. The molecular formula is C23H27N3O5. The third-order valence-electron chi connectivity index (χ3n) is 4.68. The van der Waals surface area contributed by atoms with E-state index < -0.39 is 6.04 Å². The highest BCUT2D eigenvalue weighted by molar-refractivity contribution is 5.77. The largest absolute Gasteiger partial charge is 0.493 e. The van der Waals surface area contributed by atoms with Gasteiger partial charge in [0.1, 0.15) is 12.6 Å². The normalized spacial score (nSPS) is 11.9. The van der Waals surface area contributed by atoms with E-state index in [2.05, 4.69) is 15.5 Å². The average Bonchev–Trinajstić information content (AvgIpc) is 3.27. The molecule has 0 aliphatic heterocycles. The Kier molecular flexibility index (Phi) is 7.61. The molecule has 0 aliphatic carbocycles. The summed E-state index contributed by atoms with van der Waals surface area (Å²) >= 11 is 0. The maximum atomic E-state index is 12.4. The number of nitrogens with zero attached hydrogens (tertiary/aromatic N) is 2. The van der Waals surface area contributed by atoms with Gasteiger partial charge >= 0.3 is 0 Å². The summed E-state index contributed by atoms with van der Waals surface area (Å²) in [5.74, 6) is 1.69. The van der Waals surface area contributed by atoms with Crippen molar-refractivity contribution in [1.29, 1.82) is 0 Å². The molecule has 1 heterocycles. The Morgan fingerprint density at radius 2 is 1.81 bits per heavy atom. The fourth-order valence-electron chi connectivity index (χ4n) is 3.02. The highest BCUT2D eigenvalue weighted by Crippen LogP contribution is 2.32. The molecule has 31 heavy (non-hydrogen) atoms. The number of benzene rings is 2. The molecule has 0 fully saturated rings. The Balaban J connectivity index is 1.65. The summed E-state index contributed by atoms with van der Waals surface area (Å²) in [6, 6.07) is 14.6. The summed E-state index contributed by atoms with van der Waals surface area (Å²) in [4.78, 5) is 16.9. The number of carbonyl (C=O) groups excluding carboxylic acids is 1. The molecule has 8 nitrogen and oxygen atoms in total. The van der Waals surface area contributed by atoms with Crippen LogP contribution >= 0.6 is 0 Å². The number of ether oxygens (including phenoxy) is 3. The molecule has 2 aromatic carbocycles. The van der Waals surface area contributed by atoms with Gasteiger partial charge in [0, 0.05) is 5.56 Å². The van der Waals surface area contributed by atoms with Crippen LogP contribution in [0.1, 0.15) is 31.3 Å². The highest BCUT2D eigenvalue weighted by atomic mass is 16.5. The van der Waals surface area contributed by atoms with E-state index >= 15 is 0 Å². The van der Waals surface area contributed by atoms with Crippen molar-refractivity contribution >= 4 is 5.91 Å². The second-order valence-electron chi connectivity index (χ2n) is 7.29. The van der Waals surface area contributed by atoms with Gasteiger partial charge in [-0.15, -0.1) is 0 Å². The zero-order valence-electron chi connectivity index (χ0n) is 18.1. The molecule has 8 heteroatoms. The number of hydrogen-bond donors (Lipinski definition) is 1. The first-order chi connectivity index (χ1) is 15.0. The minimum absolute atomic E-state index is 0.0387. The SMILES string of the molecule is COc1ccc(-c2noc(C(NC(=O)COCc3ccccc3)C(C)C)n2)cc1OC. The Bertz CT molecular complexity index is 988. The lowest BCUT2D eigenvalue weighted by atomic mass is 10.0. The van der Waals surface area contributed by atoms with E-state index in [0.717, 1.165) is 5.56 Å². The van der Waals surface area contributed by atoms with Crippen LogP contribution in [-0.2, 0) is 16.1 Å². The summed E-state index contributed by atoms with van der Waals surface area (Å²) in [7, 11) is 3.14. The van der Waals surface area contributed by atoms with Gasteiger partial charge in [-0.05, 0) is 29.7 Å². The molecule has 0 radical (unpaired) electrons. The van der Waals surface area contributed by atoms with Crippen LogP contribution in [0.2, 0.25) is 0 Å². The molecule has 0 saturated heterocycles. The monoisotopic (exact) mass is 425 g/mol. The molecular weight excluding hydrogens is 398 g/mol. The molecule has 0 saturated carbocycles. The molecule has 1 unspecified atom stereocenters. The van der Waals surface area contributed by atoms with Crippen molar-refractivity contribution in [3.8, 4) is 22.9 Å². The molecule has 3 rings (SSSR count). The Morgan fingerprint density at radius 3 is 2.48 bits per heavy atom. The predicted molar refractivity (Wildman–Crippen MR) is 115 cm³/mol. The molecule has 1 amide bonds. The first-order valence-electron chi connectivity index (χ1n) is 9.98. The molecule has 0 bridgehead atoms. The summed E-state index contributed by atoms with van der Waals surface area (Å²) in [5, 5.41) is 6.98. The van der Waals surface area contributed by atoms with Gasteiger partial charge < -0.3 is 24.1 Å². The van der Waals surface area contributed by atoms with E-state index in [4.69, 9.17) is 18.7 Å². The third-order valence-corrected chi connectivity index (χ3v) is 4.68. The summed E-state index contributed by atoms with van der Waals surface area (Å²) in [6.45, 7) is 4.24. The van der Waals surface area contributed by atoms with Crippen molar-refractivity contribution in [3.05, 3.63) is 60.0 Å². The predicted octanol–water partition coefficient (Wildman–Crippen LogP) is 3.78. The third kappa shape index (κ3) is 5.82. The van der Waals surface area contributed by atoms with Crippen molar-refractivity contribution in [3.63, 3.8) is 0 Å². The van der Waals surface area contributed by atoms with E-state index in [0.29, 0.717) is 35.4 Å². The van der Waals surface area contributed by atoms with Gasteiger partial charge in [-0.25, -0.2) is 0 Å². The summed E-state index contributed by atoms with van der Waals surface area (Å²) in [5.41, 5.74) is 1.72. The Morgan fingerprint density at radius 1 is 1.06 bits per heavy atom. The lowest BCUT2D eigenvalue weighted by molar-refractivity contribution is -0.127. The van der Waals surface area contributed by atoms with Crippen LogP contribution in [0.25, 0.3) is 11.4 Å². The Hall–Kier alpha value is -3.39. The number of nitrogens with one attached hydrogen (secondary N) is 1.